The topological polar surface area (TPSA) is 9.23 Å². The zero-order chi connectivity index (χ0) is 9.31. The molecule has 13 heavy (non-hydrogen) atoms. The summed E-state index contributed by atoms with van der Waals surface area (Å²) in [6.07, 6.45) is 3.31. The normalized spacial score (nSPS) is 32.2. The Morgan fingerprint density at radius 1 is 1.46 bits per heavy atom. The lowest BCUT2D eigenvalue weighted by Crippen LogP contribution is -2.44. The molecule has 1 nitrogen and oxygen atoms in total. The molecule has 0 aliphatic carbocycles. The maximum atomic E-state index is 5.74. The maximum Gasteiger partial charge on any atom is 0.114 e. The lowest BCUT2D eigenvalue weighted by atomic mass is 9.83. The van der Waals surface area contributed by atoms with Crippen LogP contribution >= 0.6 is 0 Å². The second-order valence-electron chi connectivity index (χ2n) is 3.59. The van der Waals surface area contributed by atoms with Crippen molar-refractivity contribution < 1.29 is 4.74 Å². The summed E-state index contributed by atoms with van der Waals surface area (Å²) >= 11 is 0. The van der Waals surface area contributed by atoms with Crippen LogP contribution in [0.2, 0.25) is 0 Å². The van der Waals surface area contributed by atoms with Gasteiger partial charge in [0.05, 0.1) is 6.10 Å². The van der Waals surface area contributed by atoms with E-state index in [1.165, 1.54) is 5.56 Å². The van der Waals surface area contributed by atoms with Crippen LogP contribution in [-0.4, -0.2) is 6.10 Å². The van der Waals surface area contributed by atoms with Gasteiger partial charge in [0.15, 0.2) is 0 Å². The molecule has 1 aromatic carbocycles. The quantitative estimate of drug-likeness (QED) is 0.626. The van der Waals surface area contributed by atoms with Crippen LogP contribution in [0.1, 0.15) is 18.9 Å². The van der Waals surface area contributed by atoms with Gasteiger partial charge in [-0.25, -0.2) is 0 Å². The summed E-state index contributed by atoms with van der Waals surface area (Å²) in [7, 11) is 0. The van der Waals surface area contributed by atoms with Crippen LogP contribution in [0.5, 0.6) is 0 Å². The van der Waals surface area contributed by atoms with Crippen molar-refractivity contribution in [3.05, 3.63) is 48.6 Å². The third kappa shape index (κ3) is 1.29. The lowest BCUT2D eigenvalue weighted by molar-refractivity contribution is -0.174. The minimum atomic E-state index is -0.208. The summed E-state index contributed by atoms with van der Waals surface area (Å²) in [6, 6.07) is 10.3. The van der Waals surface area contributed by atoms with Gasteiger partial charge in [-0.05, 0) is 12.5 Å². The Hall–Kier alpha value is -1.08. The van der Waals surface area contributed by atoms with Crippen LogP contribution in [-0.2, 0) is 10.3 Å². The molecule has 1 saturated heterocycles. The largest absolute Gasteiger partial charge is 0.363 e. The van der Waals surface area contributed by atoms with Crippen LogP contribution < -0.4 is 0 Å². The summed E-state index contributed by atoms with van der Waals surface area (Å²) < 4.78 is 5.74. The van der Waals surface area contributed by atoms with Crippen molar-refractivity contribution in [2.75, 3.05) is 0 Å². The highest BCUT2D eigenvalue weighted by atomic mass is 16.5. The van der Waals surface area contributed by atoms with E-state index in [1.54, 1.807) is 0 Å². The molecular weight excluding hydrogens is 160 g/mol. The minimum Gasteiger partial charge on any atom is -0.363 e. The number of benzene rings is 1. The van der Waals surface area contributed by atoms with E-state index in [2.05, 4.69) is 25.6 Å². The molecule has 0 saturated carbocycles. The van der Waals surface area contributed by atoms with Crippen molar-refractivity contribution in [1.82, 2.24) is 0 Å². The van der Waals surface area contributed by atoms with Gasteiger partial charge in [0.1, 0.15) is 5.60 Å². The molecule has 1 aromatic rings. The highest BCUT2D eigenvalue weighted by molar-refractivity contribution is 5.29. The summed E-state index contributed by atoms with van der Waals surface area (Å²) in [6.45, 7) is 5.93. The zero-order valence-corrected chi connectivity index (χ0v) is 7.86. The molecule has 0 N–H and O–H groups in total. The van der Waals surface area contributed by atoms with Crippen molar-refractivity contribution in [3.8, 4) is 0 Å². The van der Waals surface area contributed by atoms with Gasteiger partial charge >= 0.3 is 0 Å². The number of rotatable bonds is 2. The van der Waals surface area contributed by atoms with E-state index in [-0.39, 0.29) is 5.60 Å². The molecule has 1 aliphatic heterocycles. The Morgan fingerprint density at radius 3 is 2.54 bits per heavy atom. The predicted octanol–water partition coefficient (Wildman–Crippen LogP) is 2.88. The molecule has 0 spiro atoms. The smallest absolute Gasteiger partial charge is 0.114 e. The minimum absolute atomic E-state index is 0.208. The van der Waals surface area contributed by atoms with E-state index in [9.17, 15) is 0 Å². The van der Waals surface area contributed by atoms with E-state index in [0.717, 1.165) is 6.42 Å². The lowest BCUT2D eigenvalue weighted by Gasteiger charge is -2.45. The van der Waals surface area contributed by atoms with Gasteiger partial charge in [0.25, 0.3) is 0 Å². The first-order chi connectivity index (χ1) is 6.27. The van der Waals surface area contributed by atoms with Crippen LogP contribution in [0.3, 0.4) is 0 Å². The average molecular weight is 174 g/mol. The van der Waals surface area contributed by atoms with Gasteiger partial charge in [-0.2, -0.15) is 0 Å². The standard InChI is InChI=1S/C12H14O/c1-3-12(9-10(2)13-12)11-7-5-4-6-8-11/h3-8,10H,1,9H2,2H3. The fourth-order valence-electron chi connectivity index (χ4n) is 1.93. The summed E-state index contributed by atoms with van der Waals surface area (Å²) in [5, 5.41) is 0. The van der Waals surface area contributed by atoms with Crippen molar-refractivity contribution in [1.29, 1.82) is 0 Å². The predicted molar refractivity (Wildman–Crippen MR) is 53.5 cm³/mol. The molecule has 68 valence electrons. The maximum absolute atomic E-state index is 5.74. The number of ether oxygens (including phenoxy) is 1. The van der Waals surface area contributed by atoms with Gasteiger partial charge in [-0.15, -0.1) is 0 Å². The Labute approximate surface area is 79.0 Å². The summed E-state index contributed by atoms with van der Waals surface area (Å²) in [4.78, 5) is 0. The summed E-state index contributed by atoms with van der Waals surface area (Å²) in [5.41, 5.74) is 1.00. The molecule has 0 bridgehead atoms. The molecular formula is C12H14O. The summed E-state index contributed by atoms with van der Waals surface area (Å²) in [5.74, 6) is 0. The molecule has 0 radical (unpaired) electrons. The average Bonchev–Trinajstić information content (AvgIpc) is 2.14. The Kier molecular flexibility index (Phi) is 1.97. The molecule has 0 aromatic heterocycles. The van der Waals surface area contributed by atoms with E-state index in [4.69, 9.17) is 4.74 Å². The Bertz CT molecular complexity index is 296. The molecule has 0 amide bonds. The SMILES string of the molecule is C=CC1(c2ccccc2)CC(C)O1. The first-order valence-corrected chi connectivity index (χ1v) is 4.64. The number of hydrogen-bond donors (Lipinski definition) is 0. The van der Waals surface area contributed by atoms with Crippen LogP contribution in [0.25, 0.3) is 0 Å². The van der Waals surface area contributed by atoms with Crippen LogP contribution in [0, 0.1) is 0 Å². The monoisotopic (exact) mass is 174 g/mol. The van der Waals surface area contributed by atoms with Crippen molar-refractivity contribution in [2.45, 2.75) is 25.0 Å². The first-order valence-electron chi connectivity index (χ1n) is 4.64. The van der Waals surface area contributed by atoms with Gasteiger partial charge in [-0.1, -0.05) is 43.0 Å². The Balaban J connectivity index is 2.29. The molecule has 2 unspecified atom stereocenters. The first kappa shape index (κ1) is 8.52. The highest BCUT2D eigenvalue weighted by Crippen LogP contribution is 2.42. The van der Waals surface area contributed by atoms with Crippen molar-refractivity contribution >= 4 is 0 Å². The van der Waals surface area contributed by atoms with E-state index >= 15 is 0 Å². The van der Waals surface area contributed by atoms with E-state index in [1.807, 2.05) is 24.3 Å². The molecule has 2 rings (SSSR count). The third-order valence-electron chi connectivity index (χ3n) is 2.59. The zero-order valence-electron chi connectivity index (χ0n) is 7.86. The Morgan fingerprint density at radius 2 is 2.08 bits per heavy atom. The fraction of sp³-hybridized carbons (Fsp3) is 0.333. The van der Waals surface area contributed by atoms with Crippen LogP contribution in [0.15, 0.2) is 43.0 Å². The molecule has 1 fully saturated rings. The second-order valence-corrected chi connectivity index (χ2v) is 3.59. The molecule has 1 aliphatic rings. The second kappa shape index (κ2) is 3.00. The highest BCUT2D eigenvalue weighted by Gasteiger charge is 2.41. The van der Waals surface area contributed by atoms with Crippen molar-refractivity contribution in [2.24, 2.45) is 0 Å². The van der Waals surface area contributed by atoms with E-state index in [0.29, 0.717) is 6.10 Å². The van der Waals surface area contributed by atoms with E-state index < -0.39 is 0 Å². The number of hydrogen-bond acceptors (Lipinski definition) is 1. The fourth-order valence-corrected chi connectivity index (χ4v) is 1.93. The van der Waals surface area contributed by atoms with Gasteiger partial charge in [-0.3, -0.25) is 0 Å². The van der Waals surface area contributed by atoms with Gasteiger partial charge < -0.3 is 4.74 Å². The van der Waals surface area contributed by atoms with Gasteiger partial charge in [0.2, 0.25) is 0 Å². The van der Waals surface area contributed by atoms with Crippen LogP contribution in [0.4, 0.5) is 0 Å². The molecule has 2 atom stereocenters. The molecule has 1 heterocycles. The van der Waals surface area contributed by atoms with Crippen molar-refractivity contribution in [3.63, 3.8) is 0 Å². The van der Waals surface area contributed by atoms with Gasteiger partial charge in [0, 0.05) is 6.42 Å². The molecule has 1 heteroatoms. The third-order valence-corrected chi connectivity index (χ3v) is 2.59.